The molecule has 1 saturated heterocycles. The van der Waals surface area contributed by atoms with Crippen molar-refractivity contribution in [3.63, 3.8) is 0 Å². The van der Waals surface area contributed by atoms with E-state index in [9.17, 15) is 5.11 Å². The van der Waals surface area contributed by atoms with Crippen molar-refractivity contribution in [1.29, 1.82) is 0 Å². The molecule has 1 aromatic rings. The monoisotopic (exact) mass is 279 g/mol. The largest absolute Gasteiger partial charge is 0.491 e. The molecular weight excluding hydrogens is 254 g/mol. The van der Waals surface area contributed by atoms with Crippen LogP contribution >= 0.6 is 0 Å². The van der Waals surface area contributed by atoms with E-state index in [2.05, 4.69) is 22.4 Å². The Balaban J connectivity index is 1.64. The van der Waals surface area contributed by atoms with Crippen LogP contribution in [0.3, 0.4) is 0 Å². The standard InChI is InChI=1S/C15H25N3O2/c1-13-4-3-5-15(10-13)20-12-14(19)11-16-18-8-6-17(2)7-9-18/h3-5,10,14,16,19H,6-9,11-12H2,1-2H3. The van der Waals surface area contributed by atoms with Crippen LogP contribution < -0.4 is 10.2 Å². The smallest absolute Gasteiger partial charge is 0.119 e. The molecule has 5 heteroatoms. The predicted octanol–water partition coefficient (Wildman–Crippen LogP) is 0.487. The molecule has 2 N–H and O–H groups in total. The second-order valence-corrected chi connectivity index (χ2v) is 5.43. The normalized spacial score (nSPS) is 18.9. The Labute approximate surface area is 121 Å². The van der Waals surface area contributed by atoms with Crippen LogP contribution in [0.2, 0.25) is 0 Å². The second kappa shape index (κ2) is 7.59. The molecule has 1 unspecified atom stereocenters. The Kier molecular flexibility index (Phi) is 5.79. The van der Waals surface area contributed by atoms with E-state index in [-0.39, 0.29) is 0 Å². The van der Waals surface area contributed by atoms with Gasteiger partial charge in [0.1, 0.15) is 18.5 Å². The van der Waals surface area contributed by atoms with Crippen molar-refractivity contribution in [2.75, 3.05) is 46.4 Å². The van der Waals surface area contributed by atoms with Crippen molar-refractivity contribution in [3.05, 3.63) is 29.8 Å². The van der Waals surface area contributed by atoms with Gasteiger partial charge in [-0.15, -0.1) is 0 Å². The molecule has 20 heavy (non-hydrogen) atoms. The van der Waals surface area contributed by atoms with Gasteiger partial charge < -0.3 is 14.7 Å². The lowest BCUT2D eigenvalue weighted by Gasteiger charge is -2.33. The molecule has 1 heterocycles. The minimum Gasteiger partial charge on any atom is -0.491 e. The number of aliphatic hydroxyl groups excluding tert-OH is 1. The second-order valence-electron chi connectivity index (χ2n) is 5.43. The Bertz CT molecular complexity index is 406. The lowest BCUT2D eigenvalue weighted by atomic mass is 10.2. The van der Waals surface area contributed by atoms with E-state index in [0.717, 1.165) is 37.5 Å². The highest BCUT2D eigenvalue weighted by atomic mass is 16.5. The number of rotatable bonds is 6. The summed E-state index contributed by atoms with van der Waals surface area (Å²) in [6, 6.07) is 7.87. The Morgan fingerprint density at radius 1 is 1.30 bits per heavy atom. The first kappa shape index (κ1) is 15.3. The molecule has 0 amide bonds. The number of hydrazine groups is 1. The number of hydrogen-bond acceptors (Lipinski definition) is 5. The number of likely N-dealkylation sites (N-methyl/N-ethyl adjacent to an activating group) is 1. The van der Waals surface area contributed by atoms with Gasteiger partial charge in [-0.3, -0.25) is 5.43 Å². The summed E-state index contributed by atoms with van der Waals surface area (Å²) in [5.41, 5.74) is 4.43. The highest BCUT2D eigenvalue weighted by Crippen LogP contribution is 2.12. The molecule has 5 nitrogen and oxygen atoms in total. The van der Waals surface area contributed by atoms with Crippen molar-refractivity contribution < 1.29 is 9.84 Å². The number of nitrogens with zero attached hydrogens (tertiary/aromatic N) is 2. The van der Waals surface area contributed by atoms with E-state index in [1.54, 1.807) is 0 Å². The SMILES string of the molecule is Cc1cccc(OCC(O)CNN2CCN(C)CC2)c1. The summed E-state index contributed by atoms with van der Waals surface area (Å²) in [6.07, 6.45) is -0.504. The van der Waals surface area contributed by atoms with E-state index >= 15 is 0 Å². The fourth-order valence-corrected chi connectivity index (χ4v) is 2.16. The quantitative estimate of drug-likeness (QED) is 0.793. The van der Waals surface area contributed by atoms with E-state index in [0.29, 0.717) is 13.2 Å². The zero-order valence-corrected chi connectivity index (χ0v) is 12.4. The van der Waals surface area contributed by atoms with Gasteiger partial charge in [0.15, 0.2) is 0 Å². The minimum atomic E-state index is -0.504. The van der Waals surface area contributed by atoms with Crippen molar-refractivity contribution in [3.8, 4) is 5.75 Å². The molecule has 1 aliphatic rings. The number of nitrogens with one attached hydrogen (secondary N) is 1. The third-order valence-electron chi connectivity index (χ3n) is 3.49. The average molecular weight is 279 g/mol. The van der Waals surface area contributed by atoms with Crippen LogP contribution in [0.5, 0.6) is 5.75 Å². The topological polar surface area (TPSA) is 48.0 Å². The summed E-state index contributed by atoms with van der Waals surface area (Å²) in [5, 5.41) is 12.1. The number of hydrogen-bond donors (Lipinski definition) is 2. The summed E-state index contributed by atoms with van der Waals surface area (Å²) in [4.78, 5) is 2.30. The summed E-state index contributed by atoms with van der Waals surface area (Å²) < 4.78 is 5.59. The van der Waals surface area contributed by atoms with Crippen LogP contribution in [0.1, 0.15) is 5.56 Å². The van der Waals surface area contributed by atoms with Gasteiger partial charge in [-0.05, 0) is 31.7 Å². The van der Waals surface area contributed by atoms with Gasteiger partial charge in [0.25, 0.3) is 0 Å². The first-order valence-corrected chi connectivity index (χ1v) is 7.18. The highest BCUT2D eigenvalue weighted by Gasteiger charge is 2.14. The number of aryl methyl sites for hydroxylation is 1. The molecule has 0 aliphatic carbocycles. The van der Waals surface area contributed by atoms with Crippen molar-refractivity contribution in [1.82, 2.24) is 15.3 Å². The third kappa shape index (κ3) is 5.09. The predicted molar refractivity (Wildman–Crippen MR) is 79.8 cm³/mol. The lowest BCUT2D eigenvalue weighted by Crippen LogP contribution is -2.52. The van der Waals surface area contributed by atoms with Crippen molar-refractivity contribution >= 4 is 0 Å². The van der Waals surface area contributed by atoms with Crippen LogP contribution in [0.4, 0.5) is 0 Å². The van der Waals surface area contributed by atoms with Gasteiger partial charge in [-0.1, -0.05) is 12.1 Å². The molecular formula is C15H25N3O2. The van der Waals surface area contributed by atoms with E-state index < -0.39 is 6.10 Å². The number of piperazine rings is 1. The van der Waals surface area contributed by atoms with E-state index in [1.807, 2.05) is 31.2 Å². The van der Waals surface area contributed by atoms with Gasteiger partial charge in [-0.2, -0.15) is 0 Å². The Hall–Kier alpha value is -1.14. The molecule has 0 aromatic heterocycles. The summed E-state index contributed by atoms with van der Waals surface area (Å²) >= 11 is 0. The fourth-order valence-electron chi connectivity index (χ4n) is 2.16. The zero-order chi connectivity index (χ0) is 14.4. The summed E-state index contributed by atoms with van der Waals surface area (Å²) in [7, 11) is 2.13. The highest BCUT2D eigenvalue weighted by molar-refractivity contribution is 5.27. The molecule has 1 fully saturated rings. The fraction of sp³-hybridized carbons (Fsp3) is 0.600. The van der Waals surface area contributed by atoms with Crippen molar-refractivity contribution in [2.45, 2.75) is 13.0 Å². The van der Waals surface area contributed by atoms with Crippen LogP contribution in [0, 0.1) is 6.92 Å². The van der Waals surface area contributed by atoms with Crippen molar-refractivity contribution in [2.24, 2.45) is 0 Å². The molecule has 112 valence electrons. The molecule has 1 aromatic carbocycles. The minimum absolute atomic E-state index is 0.310. The maximum atomic E-state index is 9.94. The molecule has 0 radical (unpaired) electrons. The maximum absolute atomic E-state index is 9.94. The first-order chi connectivity index (χ1) is 9.63. The van der Waals surface area contributed by atoms with E-state index in [1.165, 1.54) is 0 Å². The molecule has 0 spiro atoms. The Morgan fingerprint density at radius 3 is 2.75 bits per heavy atom. The van der Waals surface area contributed by atoms with E-state index in [4.69, 9.17) is 4.74 Å². The van der Waals surface area contributed by atoms with Gasteiger partial charge in [0.2, 0.25) is 0 Å². The van der Waals surface area contributed by atoms with Gasteiger partial charge in [0, 0.05) is 32.7 Å². The van der Waals surface area contributed by atoms with Gasteiger partial charge >= 0.3 is 0 Å². The molecule has 2 rings (SSSR count). The summed E-state index contributed by atoms with van der Waals surface area (Å²) in [5.74, 6) is 0.809. The molecule has 1 atom stereocenters. The van der Waals surface area contributed by atoms with Gasteiger partial charge in [0.05, 0.1) is 0 Å². The Morgan fingerprint density at radius 2 is 2.05 bits per heavy atom. The first-order valence-electron chi connectivity index (χ1n) is 7.18. The van der Waals surface area contributed by atoms with Crippen LogP contribution in [-0.4, -0.2) is 67.5 Å². The maximum Gasteiger partial charge on any atom is 0.119 e. The van der Waals surface area contributed by atoms with Crippen LogP contribution in [0.25, 0.3) is 0 Å². The number of benzene rings is 1. The molecule has 0 saturated carbocycles. The summed E-state index contributed by atoms with van der Waals surface area (Å²) in [6.45, 7) is 6.95. The van der Waals surface area contributed by atoms with Crippen LogP contribution in [-0.2, 0) is 0 Å². The van der Waals surface area contributed by atoms with Gasteiger partial charge in [-0.25, -0.2) is 5.01 Å². The van der Waals surface area contributed by atoms with Crippen LogP contribution in [0.15, 0.2) is 24.3 Å². The number of aliphatic hydroxyl groups is 1. The third-order valence-corrected chi connectivity index (χ3v) is 3.49. The number of ether oxygens (including phenoxy) is 1. The average Bonchev–Trinajstić information content (AvgIpc) is 2.45. The molecule has 1 aliphatic heterocycles. The molecule has 0 bridgehead atoms. The zero-order valence-electron chi connectivity index (χ0n) is 12.4. The lowest BCUT2D eigenvalue weighted by molar-refractivity contribution is 0.0548.